The molecule has 4 aromatic rings. The molecule has 0 aliphatic carbocycles. The molecule has 0 bridgehead atoms. The standard InChI is InChI=1S/C24H26N6O/c1-2-29-10-8-20(9-11-29)30-16-19(14-28-30)18-12-21(23(25)26-13-18)24-27-15-22(31-24)17-6-4-3-5-7-17/h3-7,12-16,20H,2,8-11H2,1H3,(H2,25,26). The van der Waals surface area contributed by atoms with Crippen molar-refractivity contribution in [3.05, 3.63) is 61.2 Å². The second-order valence-corrected chi connectivity index (χ2v) is 7.93. The van der Waals surface area contributed by atoms with Crippen LogP contribution in [0.5, 0.6) is 0 Å². The molecule has 0 atom stereocenters. The molecule has 158 valence electrons. The van der Waals surface area contributed by atoms with Gasteiger partial charge in [-0.2, -0.15) is 5.10 Å². The highest BCUT2D eigenvalue weighted by Gasteiger charge is 2.21. The number of nitrogen functional groups attached to an aromatic ring is 1. The first-order chi connectivity index (χ1) is 15.2. The Morgan fingerprint density at radius 2 is 1.81 bits per heavy atom. The van der Waals surface area contributed by atoms with E-state index in [1.807, 2.05) is 42.6 Å². The lowest BCUT2D eigenvalue weighted by Crippen LogP contribution is -2.34. The predicted octanol–water partition coefficient (Wildman–Crippen LogP) is 4.51. The summed E-state index contributed by atoms with van der Waals surface area (Å²) in [5, 5.41) is 4.64. The number of likely N-dealkylation sites (tertiary alicyclic amines) is 1. The average molecular weight is 415 g/mol. The number of aromatic nitrogens is 4. The molecule has 3 aromatic heterocycles. The van der Waals surface area contributed by atoms with Crippen LogP contribution in [-0.4, -0.2) is 44.3 Å². The van der Waals surface area contributed by atoms with Gasteiger partial charge >= 0.3 is 0 Å². The Bertz CT molecular complexity index is 1160. The minimum Gasteiger partial charge on any atom is -0.436 e. The van der Waals surface area contributed by atoms with Crippen molar-refractivity contribution in [3.8, 4) is 33.9 Å². The van der Waals surface area contributed by atoms with E-state index in [0.717, 1.165) is 49.2 Å². The fraction of sp³-hybridized carbons (Fsp3) is 0.292. The lowest BCUT2D eigenvalue weighted by molar-refractivity contribution is 0.187. The summed E-state index contributed by atoms with van der Waals surface area (Å²) in [6.07, 6.45) is 9.75. The van der Waals surface area contributed by atoms with Gasteiger partial charge in [0.2, 0.25) is 5.89 Å². The van der Waals surface area contributed by atoms with Gasteiger partial charge in [-0.1, -0.05) is 37.3 Å². The van der Waals surface area contributed by atoms with Gasteiger partial charge in [0, 0.05) is 42.2 Å². The van der Waals surface area contributed by atoms with E-state index in [1.165, 1.54) is 0 Å². The third-order valence-electron chi connectivity index (χ3n) is 6.03. The number of rotatable bonds is 5. The molecule has 7 heteroatoms. The van der Waals surface area contributed by atoms with Crippen molar-refractivity contribution in [3.63, 3.8) is 0 Å². The summed E-state index contributed by atoms with van der Waals surface area (Å²) in [5.41, 5.74) is 9.78. The van der Waals surface area contributed by atoms with Gasteiger partial charge in [0.1, 0.15) is 5.82 Å². The Morgan fingerprint density at radius 1 is 1.00 bits per heavy atom. The van der Waals surface area contributed by atoms with Crippen molar-refractivity contribution in [2.24, 2.45) is 0 Å². The Hall–Kier alpha value is -3.45. The molecule has 7 nitrogen and oxygen atoms in total. The van der Waals surface area contributed by atoms with Crippen LogP contribution in [0.15, 0.2) is 65.6 Å². The van der Waals surface area contributed by atoms with Crippen LogP contribution in [0.1, 0.15) is 25.8 Å². The van der Waals surface area contributed by atoms with Gasteiger partial charge in [-0.3, -0.25) is 4.68 Å². The van der Waals surface area contributed by atoms with Gasteiger partial charge in [0.25, 0.3) is 0 Å². The molecule has 1 fully saturated rings. The molecule has 2 N–H and O–H groups in total. The van der Waals surface area contributed by atoms with Crippen LogP contribution in [0, 0.1) is 0 Å². The van der Waals surface area contributed by atoms with Gasteiger partial charge in [0.05, 0.1) is 24.0 Å². The third kappa shape index (κ3) is 3.96. The van der Waals surface area contributed by atoms with Crippen LogP contribution in [0.4, 0.5) is 5.82 Å². The van der Waals surface area contributed by atoms with E-state index in [2.05, 4.69) is 37.8 Å². The number of benzene rings is 1. The number of anilines is 1. The molecule has 1 aliphatic rings. The minimum atomic E-state index is 0.393. The molecule has 0 spiro atoms. The molecular formula is C24H26N6O. The van der Waals surface area contributed by atoms with Crippen molar-refractivity contribution in [1.82, 2.24) is 24.6 Å². The van der Waals surface area contributed by atoms with Crippen molar-refractivity contribution in [2.75, 3.05) is 25.4 Å². The van der Waals surface area contributed by atoms with Gasteiger partial charge in [0.15, 0.2) is 5.76 Å². The number of hydrogen-bond donors (Lipinski definition) is 1. The van der Waals surface area contributed by atoms with Crippen LogP contribution >= 0.6 is 0 Å². The number of nitrogens with two attached hydrogens (primary N) is 1. The summed E-state index contributed by atoms with van der Waals surface area (Å²) < 4.78 is 8.09. The zero-order chi connectivity index (χ0) is 21.2. The molecule has 1 aliphatic heterocycles. The zero-order valence-corrected chi connectivity index (χ0v) is 17.6. The highest BCUT2D eigenvalue weighted by atomic mass is 16.4. The molecule has 0 amide bonds. The van der Waals surface area contributed by atoms with Crippen LogP contribution in [0.25, 0.3) is 33.9 Å². The Labute approximate surface area is 181 Å². The number of pyridine rings is 1. The van der Waals surface area contributed by atoms with Crippen LogP contribution in [-0.2, 0) is 0 Å². The molecule has 4 heterocycles. The first-order valence-corrected chi connectivity index (χ1v) is 10.8. The van der Waals surface area contributed by atoms with E-state index in [0.29, 0.717) is 29.1 Å². The maximum atomic E-state index is 6.16. The Balaban J connectivity index is 1.40. The highest BCUT2D eigenvalue weighted by molar-refractivity contribution is 5.75. The minimum absolute atomic E-state index is 0.393. The van der Waals surface area contributed by atoms with Crippen molar-refractivity contribution < 1.29 is 4.42 Å². The number of nitrogens with zero attached hydrogens (tertiary/aromatic N) is 5. The molecular weight excluding hydrogens is 388 g/mol. The summed E-state index contributed by atoms with van der Waals surface area (Å²) in [6, 6.07) is 12.3. The van der Waals surface area contributed by atoms with Gasteiger partial charge in [-0.05, 0) is 25.5 Å². The third-order valence-corrected chi connectivity index (χ3v) is 6.03. The smallest absolute Gasteiger partial charge is 0.230 e. The molecule has 0 radical (unpaired) electrons. The summed E-state index contributed by atoms with van der Waals surface area (Å²) in [5.74, 6) is 1.56. The SMILES string of the molecule is CCN1CCC(n2cc(-c3cnc(N)c(-c4ncc(-c5ccccc5)o4)c3)cn2)CC1. The van der Waals surface area contributed by atoms with E-state index < -0.39 is 0 Å². The first-order valence-electron chi connectivity index (χ1n) is 10.8. The van der Waals surface area contributed by atoms with E-state index in [9.17, 15) is 0 Å². The van der Waals surface area contributed by atoms with Crippen LogP contribution in [0.3, 0.4) is 0 Å². The van der Waals surface area contributed by atoms with Gasteiger partial charge in [-0.15, -0.1) is 0 Å². The van der Waals surface area contributed by atoms with E-state index >= 15 is 0 Å². The van der Waals surface area contributed by atoms with E-state index in [1.54, 1.807) is 12.4 Å². The van der Waals surface area contributed by atoms with E-state index in [4.69, 9.17) is 10.2 Å². The highest BCUT2D eigenvalue weighted by Crippen LogP contribution is 2.32. The quantitative estimate of drug-likeness (QED) is 0.517. The number of hydrogen-bond acceptors (Lipinski definition) is 6. The van der Waals surface area contributed by atoms with Crippen LogP contribution < -0.4 is 5.73 Å². The van der Waals surface area contributed by atoms with Crippen molar-refractivity contribution in [1.29, 1.82) is 0 Å². The molecule has 1 saturated heterocycles. The molecule has 1 aromatic carbocycles. The summed E-state index contributed by atoms with van der Waals surface area (Å²) in [4.78, 5) is 11.3. The average Bonchev–Trinajstić information content (AvgIpc) is 3.51. The maximum absolute atomic E-state index is 6.16. The molecule has 0 unspecified atom stereocenters. The largest absolute Gasteiger partial charge is 0.436 e. The fourth-order valence-corrected chi connectivity index (χ4v) is 4.13. The fourth-order valence-electron chi connectivity index (χ4n) is 4.13. The topological polar surface area (TPSA) is 86.0 Å². The van der Waals surface area contributed by atoms with Crippen molar-refractivity contribution >= 4 is 5.82 Å². The van der Waals surface area contributed by atoms with Gasteiger partial charge < -0.3 is 15.1 Å². The maximum Gasteiger partial charge on any atom is 0.230 e. The Morgan fingerprint density at radius 3 is 2.58 bits per heavy atom. The zero-order valence-electron chi connectivity index (χ0n) is 17.6. The summed E-state index contributed by atoms with van der Waals surface area (Å²) >= 11 is 0. The van der Waals surface area contributed by atoms with Crippen molar-refractivity contribution in [2.45, 2.75) is 25.8 Å². The summed E-state index contributed by atoms with van der Waals surface area (Å²) in [6.45, 7) is 5.58. The summed E-state index contributed by atoms with van der Waals surface area (Å²) in [7, 11) is 0. The van der Waals surface area contributed by atoms with Crippen LogP contribution in [0.2, 0.25) is 0 Å². The monoisotopic (exact) mass is 414 g/mol. The van der Waals surface area contributed by atoms with Gasteiger partial charge in [-0.25, -0.2) is 9.97 Å². The second kappa shape index (κ2) is 8.35. The molecule has 5 rings (SSSR count). The number of piperidine rings is 1. The second-order valence-electron chi connectivity index (χ2n) is 7.93. The first kappa shape index (κ1) is 19.5. The van der Waals surface area contributed by atoms with E-state index in [-0.39, 0.29) is 0 Å². The predicted molar refractivity (Wildman–Crippen MR) is 121 cm³/mol. The number of oxazole rings is 1. The normalized spacial score (nSPS) is 15.4. The molecule has 31 heavy (non-hydrogen) atoms. The Kier molecular flexibility index (Phi) is 5.26. The molecule has 0 saturated carbocycles. The lowest BCUT2D eigenvalue weighted by Gasteiger charge is -2.31. The lowest BCUT2D eigenvalue weighted by atomic mass is 10.1.